The molecule has 2 rings (SSSR count). The molecule has 0 spiro atoms. The first kappa shape index (κ1) is 15.5. The number of anilines is 1. The number of rotatable bonds is 6. The van der Waals surface area contributed by atoms with E-state index in [0.29, 0.717) is 23.4 Å². The number of amides is 1. The summed E-state index contributed by atoms with van der Waals surface area (Å²) >= 11 is 1.28. The molecule has 2 aromatic heterocycles. The number of hydrogen-bond acceptors (Lipinski definition) is 7. The third kappa shape index (κ3) is 3.82. The molecule has 3 N–H and O–H groups in total. The Hall–Kier alpha value is -1.87. The average molecular weight is 310 g/mol. The number of nitrogens with two attached hydrogens (primary N) is 1. The van der Waals surface area contributed by atoms with Crippen LogP contribution >= 0.6 is 11.8 Å². The van der Waals surface area contributed by atoms with Gasteiger partial charge < -0.3 is 14.8 Å². The molecule has 8 nitrogen and oxygen atoms in total. The lowest BCUT2D eigenvalue weighted by Crippen LogP contribution is -2.14. The van der Waals surface area contributed by atoms with Crippen molar-refractivity contribution in [3.05, 3.63) is 17.6 Å². The molecule has 0 aliphatic heterocycles. The van der Waals surface area contributed by atoms with Crippen molar-refractivity contribution in [2.45, 2.75) is 31.5 Å². The molecular weight excluding hydrogens is 292 g/mol. The first-order chi connectivity index (χ1) is 10.0. The second-order valence-electron chi connectivity index (χ2n) is 4.77. The van der Waals surface area contributed by atoms with Gasteiger partial charge in [-0.3, -0.25) is 10.1 Å². The van der Waals surface area contributed by atoms with Crippen LogP contribution in [0.3, 0.4) is 0 Å². The van der Waals surface area contributed by atoms with Gasteiger partial charge in [0, 0.05) is 13.1 Å². The van der Waals surface area contributed by atoms with E-state index < -0.39 is 0 Å². The van der Waals surface area contributed by atoms with E-state index in [-0.39, 0.29) is 17.6 Å². The number of nitrogens with zero attached hydrogens (tertiary/aromatic N) is 4. The van der Waals surface area contributed by atoms with Gasteiger partial charge in [0.15, 0.2) is 5.16 Å². The minimum Gasteiger partial charge on any atom is -0.338 e. The third-order valence-corrected chi connectivity index (χ3v) is 3.84. The molecule has 0 aliphatic carbocycles. The lowest BCUT2D eigenvalue weighted by atomic mass is 10.1. The van der Waals surface area contributed by atoms with Crippen LogP contribution in [0.5, 0.6) is 0 Å². The molecule has 114 valence electrons. The van der Waals surface area contributed by atoms with Gasteiger partial charge in [-0.15, -0.1) is 10.2 Å². The van der Waals surface area contributed by atoms with Gasteiger partial charge in [0.2, 0.25) is 11.8 Å². The van der Waals surface area contributed by atoms with E-state index in [2.05, 4.69) is 20.7 Å². The summed E-state index contributed by atoms with van der Waals surface area (Å²) in [4.78, 5) is 11.9. The Balaban J connectivity index is 1.88. The summed E-state index contributed by atoms with van der Waals surface area (Å²) in [6.45, 7) is 4.32. The van der Waals surface area contributed by atoms with E-state index in [1.54, 1.807) is 10.6 Å². The van der Waals surface area contributed by atoms with Crippen molar-refractivity contribution < 1.29 is 9.32 Å². The van der Waals surface area contributed by atoms with E-state index >= 15 is 0 Å². The normalized spacial score (nSPS) is 11.1. The molecule has 9 heteroatoms. The zero-order valence-corrected chi connectivity index (χ0v) is 13.0. The number of carbonyl (C=O) groups is 1. The minimum atomic E-state index is -0.191. The molecular formula is C12H18N6O2S. The maximum absolute atomic E-state index is 11.9. The Morgan fingerprint density at radius 3 is 2.86 bits per heavy atom. The zero-order chi connectivity index (χ0) is 15.4. The molecule has 0 aromatic carbocycles. The molecule has 0 saturated heterocycles. The second-order valence-corrected chi connectivity index (χ2v) is 5.71. The number of nitrogens with one attached hydrogen (secondary N) is 1. The Kier molecular flexibility index (Phi) is 4.97. The SMILES string of the molecule is CC(C)c1cc(NC(=O)CSc2nnc(CN)n2C)on1. The lowest BCUT2D eigenvalue weighted by molar-refractivity contribution is -0.113. The molecule has 0 unspecified atom stereocenters. The summed E-state index contributed by atoms with van der Waals surface area (Å²) in [6, 6.07) is 1.72. The van der Waals surface area contributed by atoms with E-state index in [4.69, 9.17) is 10.3 Å². The molecule has 0 aliphatic rings. The van der Waals surface area contributed by atoms with Gasteiger partial charge in [0.1, 0.15) is 5.82 Å². The van der Waals surface area contributed by atoms with Crippen LogP contribution < -0.4 is 11.1 Å². The van der Waals surface area contributed by atoms with Crippen LogP contribution in [0.2, 0.25) is 0 Å². The van der Waals surface area contributed by atoms with Crippen molar-refractivity contribution in [2.75, 3.05) is 11.1 Å². The maximum Gasteiger partial charge on any atom is 0.237 e. The summed E-state index contributed by atoms with van der Waals surface area (Å²) < 4.78 is 6.82. The fourth-order valence-electron chi connectivity index (χ4n) is 1.57. The molecule has 1 amide bonds. The van der Waals surface area contributed by atoms with Crippen LogP contribution in [0.25, 0.3) is 0 Å². The summed E-state index contributed by atoms with van der Waals surface area (Å²) in [5.41, 5.74) is 6.32. The van der Waals surface area contributed by atoms with Crippen LogP contribution in [-0.2, 0) is 18.4 Å². The van der Waals surface area contributed by atoms with Gasteiger partial charge in [-0.25, -0.2) is 0 Å². The summed E-state index contributed by atoms with van der Waals surface area (Å²) in [7, 11) is 1.81. The van der Waals surface area contributed by atoms with Crippen LogP contribution in [0.1, 0.15) is 31.3 Å². The predicted molar refractivity (Wildman–Crippen MR) is 78.8 cm³/mol. The van der Waals surface area contributed by atoms with Crippen LogP contribution in [0.15, 0.2) is 15.7 Å². The second kappa shape index (κ2) is 6.72. The first-order valence-corrected chi connectivity index (χ1v) is 7.47. The molecule has 2 heterocycles. The number of hydrogen-bond donors (Lipinski definition) is 2. The fraction of sp³-hybridized carbons (Fsp3) is 0.500. The molecule has 2 aromatic rings. The topological polar surface area (TPSA) is 112 Å². The molecule has 0 fully saturated rings. The summed E-state index contributed by atoms with van der Waals surface area (Å²) in [6.07, 6.45) is 0. The summed E-state index contributed by atoms with van der Waals surface area (Å²) in [5, 5.41) is 15.1. The van der Waals surface area contributed by atoms with Crippen molar-refractivity contribution in [2.24, 2.45) is 12.8 Å². The predicted octanol–water partition coefficient (Wildman–Crippen LogP) is 1.12. The van der Waals surface area contributed by atoms with Gasteiger partial charge in [0.25, 0.3) is 0 Å². The summed E-state index contributed by atoms with van der Waals surface area (Å²) in [5.74, 6) is 1.29. The van der Waals surface area contributed by atoms with Gasteiger partial charge >= 0.3 is 0 Å². The van der Waals surface area contributed by atoms with Gasteiger partial charge in [-0.1, -0.05) is 30.8 Å². The Bertz CT molecular complexity index is 621. The van der Waals surface area contributed by atoms with Crippen LogP contribution in [0, 0.1) is 0 Å². The lowest BCUT2D eigenvalue weighted by Gasteiger charge is -2.02. The zero-order valence-electron chi connectivity index (χ0n) is 12.2. The van der Waals surface area contributed by atoms with E-state index in [1.165, 1.54) is 11.8 Å². The smallest absolute Gasteiger partial charge is 0.237 e. The highest BCUT2D eigenvalue weighted by atomic mass is 32.2. The van der Waals surface area contributed by atoms with Gasteiger partial charge in [-0.2, -0.15) is 0 Å². The van der Waals surface area contributed by atoms with Crippen molar-refractivity contribution in [1.29, 1.82) is 0 Å². The molecule has 0 saturated carbocycles. The Morgan fingerprint density at radius 2 is 2.29 bits per heavy atom. The number of thioether (sulfide) groups is 1. The average Bonchev–Trinajstić information content (AvgIpc) is 3.03. The number of aromatic nitrogens is 4. The van der Waals surface area contributed by atoms with Crippen LogP contribution in [-0.4, -0.2) is 31.6 Å². The highest BCUT2D eigenvalue weighted by Gasteiger charge is 2.13. The Morgan fingerprint density at radius 1 is 1.52 bits per heavy atom. The highest BCUT2D eigenvalue weighted by molar-refractivity contribution is 7.99. The highest BCUT2D eigenvalue weighted by Crippen LogP contribution is 2.19. The first-order valence-electron chi connectivity index (χ1n) is 6.48. The monoisotopic (exact) mass is 310 g/mol. The fourth-order valence-corrected chi connectivity index (χ4v) is 2.30. The molecule has 0 radical (unpaired) electrons. The third-order valence-electron chi connectivity index (χ3n) is 2.82. The molecule has 0 atom stereocenters. The quantitative estimate of drug-likeness (QED) is 0.769. The van der Waals surface area contributed by atoms with E-state index in [0.717, 1.165) is 5.69 Å². The standard InChI is InChI=1S/C12H18N6O2S/c1-7(2)8-4-11(20-17-8)14-10(19)6-21-12-16-15-9(5-13)18(12)3/h4,7H,5-6,13H2,1-3H3,(H,14,19). The van der Waals surface area contributed by atoms with Crippen molar-refractivity contribution in [3.8, 4) is 0 Å². The Labute approximate surface area is 126 Å². The van der Waals surface area contributed by atoms with Gasteiger partial charge in [-0.05, 0) is 5.92 Å². The van der Waals surface area contributed by atoms with Gasteiger partial charge in [0.05, 0.1) is 18.0 Å². The molecule has 21 heavy (non-hydrogen) atoms. The minimum absolute atomic E-state index is 0.191. The van der Waals surface area contributed by atoms with Crippen molar-refractivity contribution in [1.82, 2.24) is 19.9 Å². The molecule has 0 bridgehead atoms. The van der Waals surface area contributed by atoms with E-state index in [9.17, 15) is 4.79 Å². The van der Waals surface area contributed by atoms with Crippen molar-refractivity contribution >= 4 is 23.6 Å². The maximum atomic E-state index is 11.9. The largest absolute Gasteiger partial charge is 0.338 e. The van der Waals surface area contributed by atoms with Crippen molar-refractivity contribution in [3.63, 3.8) is 0 Å². The van der Waals surface area contributed by atoms with Crippen LogP contribution in [0.4, 0.5) is 5.88 Å². The van der Waals surface area contributed by atoms with E-state index in [1.807, 2.05) is 20.9 Å². The number of carbonyl (C=O) groups excluding carboxylic acids is 1.